The maximum absolute atomic E-state index is 12.9. The van der Waals surface area contributed by atoms with Crippen LogP contribution in [0, 0.1) is 0 Å². The topological polar surface area (TPSA) is 76.1 Å². The third-order valence-corrected chi connectivity index (χ3v) is 6.40. The molecule has 0 aromatic heterocycles. The van der Waals surface area contributed by atoms with Gasteiger partial charge in [-0.3, -0.25) is 9.36 Å². The molecule has 1 heterocycles. The summed E-state index contributed by atoms with van der Waals surface area (Å²) in [6, 6.07) is 2.74. The van der Waals surface area contributed by atoms with Crippen LogP contribution in [0.2, 0.25) is 5.02 Å². The van der Waals surface area contributed by atoms with Gasteiger partial charge >= 0.3 is 7.60 Å². The van der Waals surface area contributed by atoms with E-state index >= 15 is 0 Å². The van der Waals surface area contributed by atoms with Gasteiger partial charge in [-0.05, 0) is 23.3 Å². The Morgan fingerprint density at radius 2 is 1.91 bits per heavy atom. The Balaban J connectivity index is 2.62. The number of alkyl halides is 3. The molecular formula is C12H12Cl4NO5P. The molecule has 11 heteroatoms. The Labute approximate surface area is 152 Å². The molecule has 0 saturated carbocycles. The van der Waals surface area contributed by atoms with Gasteiger partial charge in [-0.1, -0.05) is 46.4 Å². The van der Waals surface area contributed by atoms with E-state index in [9.17, 15) is 14.5 Å². The number of benzene rings is 1. The molecule has 1 aliphatic rings. The van der Waals surface area contributed by atoms with E-state index in [2.05, 4.69) is 0 Å². The fraction of sp³-hybridized carbons (Fsp3) is 0.417. The second-order valence-corrected chi connectivity index (χ2v) is 9.70. The van der Waals surface area contributed by atoms with Crippen LogP contribution in [0.15, 0.2) is 12.1 Å². The largest absolute Gasteiger partial charge is 0.506 e. The van der Waals surface area contributed by atoms with Crippen molar-refractivity contribution in [2.45, 2.75) is 16.1 Å². The van der Waals surface area contributed by atoms with Crippen LogP contribution < -0.4 is 0 Å². The first kappa shape index (κ1) is 19.1. The summed E-state index contributed by atoms with van der Waals surface area (Å²) in [6.45, 7) is -0.0474. The molecule has 6 nitrogen and oxygen atoms in total. The summed E-state index contributed by atoms with van der Waals surface area (Å²) in [5.41, 5.74) is 0.885. The number of phenolic OH excluding ortho intramolecular Hbond substituents is 1. The van der Waals surface area contributed by atoms with E-state index in [0.717, 1.165) is 4.90 Å². The van der Waals surface area contributed by atoms with Crippen molar-refractivity contribution in [2.75, 3.05) is 14.2 Å². The van der Waals surface area contributed by atoms with Crippen LogP contribution in [0.5, 0.6) is 5.75 Å². The van der Waals surface area contributed by atoms with Gasteiger partial charge in [-0.2, -0.15) is 0 Å². The van der Waals surface area contributed by atoms with Crippen molar-refractivity contribution >= 4 is 59.9 Å². The van der Waals surface area contributed by atoms with Gasteiger partial charge in [-0.25, -0.2) is 0 Å². The van der Waals surface area contributed by atoms with Crippen molar-refractivity contribution in [2.24, 2.45) is 0 Å². The molecular weight excluding hydrogens is 411 g/mol. The number of fused-ring (bicyclic) bond motifs is 1. The lowest BCUT2D eigenvalue weighted by molar-refractivity contribution is -0.131. The first-order valence-corrected chi connectivity index (χ1v) is 9.27. The molecule has 1 N–H and O–H groups in total. The highest BCUT2D eigenvalue weighted by atomic mass is 35.6. The fourth-order valence-corrected chi connectivity index (χ4v) is 4.55. The van der Waals surface area contributed by atoms with Crippen LogP contribution in [-0.2, 0) is 25.0 Å². The third kappa shape index (κ3) is 3.45. The lowest BCUT2D eigenvalue weighted by Crippen LogP contribution is -2.38. The van der Waals surface area contributed by atoms with Crippen molar-refractivity contribution in [3.63, 3.8) is 0 Å². The molecule has 0 aliphatic carbocycles. The zero-order chi connectivity index (χ0) is 17.6. The molecule has 0 saturated heterocycles. The minimum Gasteiger partial charge on any atom is -0.506 e. The van der Waals surface area contributed by atoms with Crippen molar-refractivity contribution in [3.05, 3.63) is 28.3 Å². The fourth-order valence-electron chi connectivity index (χ4n) is 2.40. The Kier molecular flexibility index (Phi) is 5.49. The van der Waals surface area contributed by atoms with Gasteiger partial charge in [-0.15, -0.1) is 0 Å². The normalized spacial score (nSPS) is 18.2. The van der Waals surface area contributed by atoms with Crippen molar-refractivity contribution in [1.29, 1.82) is 0 Å². The number of nitrogens with zero attached hydrogens (tertiary/aromatic N) is 1. The summed E-state index contributed by atoms with van der Waals surface area (Å²) in [4.78, 5) is 13.5. The number of aromatic hydroxyl groups is 1. The number of halogens is 4. The van der Waals surface area contributed by atoms with Gasteiger partial charge in [0.1, 0.15) is 5.75 Å². The number of rotatable bonds is 3. The highest BCUT2D eigenvalue weighted by molar-refractivity contribution is 7.54. The van der Waals surface area contributed by atoms with E-state index < -0.39 is 23.1 Å². The Morgan fingerprint density at radius 1 is 1.35 bits per heavy atom. The summed E-state index contributed by atoms with van der Waals surface area (Å²) in [7, 11) is -1.42. The maximum atomic E-state index is 12.9. The molecule has 1 amide bonds. The van der Waals surface area contributed by atoms with Crippen LogP contribution >= 0.6 is 54.0 Å². The standard InChI is InChI=1S/C12H12Cl4NO5P/c1-21-23(20,22-2)10-7-4-8(13)9(18)3-6(7)5-17(10)11(19)12(14,15)16/h3-4,10,18H,5H2,1-2H3. The Morgan fingerprint density at radius 3 is 2.39 bits per heavy atom. The molecule has 0 fully saturated rings. The summed E-state index contributed by atoms with van der Waals surface area (Å²) < 4.78 is 20.6. The highest BCUT2D eigenvalue weighted by Gasteiger charge is 2.51. The predicted octanol–water partition coefficient (Wildman–Crippen LogP) is 4.24. The van der Waals surface area contributed by atoms with Crippen molar-refractivity contribution in [1.82, 2.24) is 4.90 Å². The van der Waals surface area contributed by atoms with Crippen molar-refractivity contribution in [3.8, 4) is 5.75 Å². The SMILES string of the molecule is COP(=O)(OC)C1c2cc(Cl)c(O)cc2CN1C(=O)C(Cl)(Cl)Cl. The van der Waals surface area contributed by atoms with E-state index in [4.69, 9.17) is 55.5 Å². The third-order valence-electron chi connectivity index (χ3n) is 3.43. The zero-order valence-corrected chi connectivity index (χ0v) is 15.8. The molecule has 2 rings (SSSR count). The molecule has 23 heavy (non-hydrogen) atoms. The first-order chi connectivity index (χ1) is 10.5. The average Bonchev–Trinajstić information content (AvgIpc) is 2.84. The van der Waals surface area contributed by atoms with Gasteiger partial charge in [0.05, 0.1) is 5.02 Å². The molecule has 128 valence electrons. The van der Waals surface area contributed by atoms with Gasteiger partial charge < -0.3 is 19.1 Å². The molecule has 0 bridgehead atoms. The molecule has 0 radical (unpaired) electrons. The molecule has 1 unspecified atom stereocenters. The quantitative estimate of drug-likeness (QED) is 0.582. The average molecular weight is 423 g/mol. The van der Waals surface area contributed by atoms with E-state index in [1.165, 1.54) is 26.4 Å². The maximum Gasteiger partial charge on any atom is 0.357 e. The summed E-state index contributed by atoms with van der Waals surface area (Å²) in [5, 5.41) is 9.75. The second kappa shape index (κ2) is 6.60. The Hall–Kier alpha value is -0.200. The Bertz CT molecular complexity index is 685. The van der Waals surface area contributed by atoms with E-state index in [1.807, 2.05) is 0 Å². The van der Waals surface area contributed by atoms with Crippen molar-refractivity contribution < 1.29 is 23.5 Å². The zero-order valence-electron chi connectivity index (χ0n) is 11.9. The lowest BCUT2D eigenvalue weighted by Gasteiger charge is -2.31. The van der Waals surface area contributed by atoms with Crippen LogP contribution in [0.1, 0.15) is 16.9 Å². The summed E-state index contributed by atoms with van der Waals surface area (Å²) in [5.74, 6) is -2.22. The van der Waals surface area contributed by atoms with Gasteiger partial charge in [0, 0.05) is 20.8 Å². The number of hydrogen-bond acceptors (Lipinski definition) is 5. The number of phenols is 1. The first-order valence-electron chi connectivity index (χ1n) is 6.15. The summed E-state index contributed by atoms with van der Waals surface area (Å²) in [6.07, 6.45) is 0. The minimum atomic E-state index is -3.79. The molecule has 1 aromatic carbocycles. The van der Waals surface area contributed by atoms with E-state index in [-0.39, 0.29) is 17.3 Å². The minimum absolute atomic E-state index is 0.0238. The number of carbonyl (C=O) groups excluding carboxylic acids is 1. The molecule has 1 atom stereocenters. The van der Waals surface area contributed by atoms with Gasteiger partial charge in [0.15, 0.2) is 5.78 Å². The number of hydrogen-bond donors (Lipinski definition) is 1. The lowest BCUT2D eigenvalue weighted by atomic mass is 10.1. The summed E-state index contributed by atoms with van der Waals surface area (Å²) >= 11 is 22.9. The smallest absolute Gasteiger partial charge is 0.357 e. The predicted molar refractivity (Wildman–Crippen MR) is 88.3 cm³/mol. The van der Waals surface area contributed by atoms with Gasteiger partial charge in [0.2, 0.25) is 0 Å². The monoisotopic (exact) mass is 421 g/mol. The molecule has 1 aromatic rings. The molecule has 1 aliphatic heterocycles. The second-order valence-electron chi connectivity index (χ2n) is 4.71. The van der Waals surface area contributed by atoms with Crippen LogP contribution in [0.4, 0.5) is 0 Å². The van der Waals surface area contributed by atoms with E-state index in [1.54, 1.807) is 0 Å². The van der Waals surface area contributed by atoms with Crippen LogP contribution in [0.3, 0.4) is 0 Å². The highest BCUT2D eigenvalue weighted by Crippen LogP contribution is 2.65. The van der Waals surface area contributed by atoms with Crippen LogP contribution in [-0.4, -0.2) is 33.9 Å². The van der Waals surface area contributed by atoms with E-state index in [0.29, 0.717) is 11.1 Å². The number of amides is 1. The number of carbonyl (C=O) groups is 1. The molecule has 0 spiro atoms. The van der Waals surface area contributed by atoms with Gasteiger partial charge in [0.25, 0.3) is 9.70 Å². The van der Waals surface area contributed by atoms with Crippen LogP contribution in [0.25, 0.3) is 0 Å².